The van der Waals surface area contributed by atoms with E-state index in [2.05, 4.69) is 15.4 Å². The van der Waals surface area contributed by atoms with E-state index in [1.807, 2.05) is 70.2 Å². The highest BCUT2D eigenvalue weighted by Gasteiger charge is 2.38. The highest BCUT2D eigenvalue weighted by atomic mass is 19.2. The van der Waals surface area contributed by atoms with E-state index < -0.39 is 118 Å². The quantitative estimate of drug-likeness (QED) is 0.00886. The topological polar surface area (TPSA) is 347 Å². The third-order valence-corrected chi connectivity index (χ3v) is 18.9. The number of benzene rings is 7. The van der Waals surface area contributed by atoms with Gasteiger partial charge in [0.15, 0.2) is 69.4 Å². The number of hydrogen-bond acceptors (Lipinski definition) is 24. The lowest BCUT2D eigenvalue weighted by Gasteiger charge is -2.27. The first-order valence-electron chi connectivity index (χ1n) is 39.0. The van der Waals surface area contributed by atoms with Gasteiger partial charge in [0.1, 0.15) is 23.3 Å². The second-order valence-corrected chi connectivity index (χ2v) is 31.3. The minimum absolute atomic E-state index is 0.0173. The lowest BCUT2D eigenvalue weighted by molar-refractivity contribution is -0.145. The second kappa shape index (κ2) is 43.9. The summed E-state index contributed by atoms with van der Waals surface area (Å²) < 4.78 is 139. The standard InChI is InChI=1S/C43H53NO11.C27H33NO7.C21H20F5NO5/c1-25(2)19-28(21-34(46)38(47)33(20-26-13-11-10-12-14-26)44-42(49)55-43(3,4)5)41(48)54-36-22-27(15-18-35(36)50-6)31-23-29(45)16-17-30-32(31)24-37(51-7)40(53-9)39(30)52-8;1-15(2)11-21(28)27(30)35-23-12-16(7-10-22(23)31-3)19-13-17(29)8-9-18-20(19)14-24(32-4)26(34-6)25(18)33-5;1-21(2,3)32-20(30)27-11(9-10-7-5-4-6-8-10)17(28)19(29)31-18-15(25)13(23)12(22)14(24)16(18)26/h10-15,18,22-25,28,33,38,47H,16-17,19-21H2,1-9H3,(H,44,49);7,10,12-15,21H,8-9,11,28H2,1-6H3;4-8,11,17,28H,9H2,1-3H3,(H,27,30). The average molecular weight is 1700 g/mol. The number of methoxy groups -OCH3 is 8. The molecule has 9 rings (SSSR count). The van der Waals surface area contributed by atoms with Crippen LogP contribution in [0.15, 0.2) is 121 Å². The van der Waals surface area contributed by atoms with Crippen LogP contribution in [-0.2, 0) is 63.9 Å². The zero-order valence-electron chi connectivity index (χ0n) is 71.5. The van der Waals surface area contributed by atoms with Crippen molar-refractivity contribution in [3.05, 3.63) is 195 Å². The van der Waals surface area contributed by atoms with Gasteiger partial charge in [-0.15, -0.1) is 0 Å². The molecule has 0 heterocycles. The molecule has 7 aromatic rings. The summed E-state index contributed by atoms with van der Waals surface area (Å²) >= 11 is 0. The molecule has 0 saturated heterocycles. The molecule has 6 unspecified atom stereocenters. The van der Waals surface area contributed by atoms with E-state index in [1.54, 1.807) is 142 Å². The van der Waals surface area contributed by atoms with Gasteiger partial charge in [-0.1, -0.05) is 100 Å². The number of ketones is 3. The van der Waals surface area contributed by atoms with Gasteiger partial charge in [0.2, 0.25) is 46.3 Å². The summed E-state index contributed by atoms with van der Waals surface area (Å²) in [6.45, 7) is 17.6. The van der Waals surface area contributed by atoms with Crippen molar-refractivity contribution >= 4 is 58.6 Å². The van der Waals surface area contributed by atoms with Gasteiger partial charge in [-0.05, 0) is 185 Å². The SMILES string of the molecule is CC(C)(C)OC(=O)NC(Cc1ccccc1)C(O)C(=O)Oc1c(F)c(F)c(F)c(F)c1F.COc1ccc(C2=CC(=O)CCc3c2cc(OC)c(OC)c3OC)cc1OC(=O)C(CC(=O)C(O)C(Cc1ccccc1)NC(=O)OC(C)(C)C)CC(C)C.COc1ccc(C2=CC(=O)CCc3c2cc(OC)c(OC)c3OC)cc1OC(=O)C(N)CC(C)C. The highest BCUT2D eigenvalue weighted by Crippen LogP contribution is 2.49. The van der Waals surface area contributed by atoms with E-state index in [0.29, 0.717) is 99.3 Å². The van der Waals surface area contributed by atoms with Crippen LogP contribution in [0.25, 0.3) is 11.1 Å². The molecular formula is C91H106F5N3O23. The smallest absolute Gasteiger partial charge is 0.407 e. The summed E-state index contributed by atoms with van der Waals surface area (Å²) in [6, 6.07) is 27.9. The number of hydrogen-bond donors (Lipinski definition) is 5. The molecule has 658 valence electrons. The number of aliphatic hydroxyl groups excluding tert-OH is 2. The third-order valence-electron chi connectivity index (χ3n) is 18.9. The summed E-state index contributed by atoms with van der Waals surface area (Å²) in [4.78, 5) is 103. The van der Waals surface area contributed by atoms with Crippen molar-refractivity contribution in [2.24, 2.45) is 23.5 Å². The van der Waals surface area contributed by atoms with Gasteiger partial charge in [-0.25, -0.2) is 32.3 Å². The molecule has 0 saturated carbocycles. The predicted octanol–water partition coefficient (Wildman–Crippen LogP) is 14.4. The Balaban J connectivity index is 0.000000265. The summed E-state index contributed by atoms with van der Waals surface area (Å²) in [5, 5.41) is 26.7. The van der Waals surface area contributed by atoms with Crippen molar-refractivity contribution in [1.82, 2.24) is 10.6 Å². The van der Waals surface area contributed by atoms with Crippen molar-refractivity contribution in [2.75, 3.05) is 56.9 Å². The van der Waals surface area contributed by atoms with E-state index in [0.717, 1.165) is 22.3 Å². The Morgan fingerprint density at radius 1 is 0.426 bits per heavy atom. The van der Waals surface area contributed by atoms with Crippen LogP contribution < -0.4 is 68.5 Å². The molecule has 26 nitrogen and oxygen atoms in total. The molecule has 0 aromatic heterocycles. The van der Waals surface area contributed by atoms with E-state index in [9.17, 15) is 70.5 Å². The number of allylic oxidation sites excluding steroid dienone is 2. The zero-order chi connectivity index (χ0) is 90.4. The first-order valence-corrected chi connectivity index (χ1v) is 39.0. The van der Waals surface area contributed by atoms with Gasteiger partial charge in [-0.2, -0.15) is 8.78 Å². The Bertz CT molecular complexity index is 4940. The molecule has 7 aromatic carbocycles. The molecule has 2 aliphatic carbocycles. The highest BCUT2D eigenvalue weighted by molar-refractivity contribution is 6.04. The van der Waals surface area contributed by atoms with Crippen molar-refractivity contribution in [2.45, 2.75) is 169 Å². The fourth-order valence-corrected chi connectivity index (χ4v) is 13.4. The van der Waals surface area contributed by atoms with E-state index in [-0.39, 0.29) is 72.8 Å². The monoisotopic (exact) mass is 1700 g/mol. The molecular weight excluding hydrogens is 1600 g/mol. The maximum atomic E-state index is 14.0. The van der Waals surface area contributed by atoms with Crippen molar-refractivity contribution in [3.63, 3.8) is 0 Å². The van der Waals surface area contributed by atoms with Crippen LogP contribution in [0.4, 0.5) is 31.5 Å². The number of carbonyl (C=O) groups excluding carboxylic acids is 8. The molecule has 6 N–H and O–H groups in total. The Labute approximate surface area is 705 Å². The number of alkyl carbamates (subject to hydrolysis) is 2. The minimum atomic E-state index is -2.44. The maximum Gasteiger partial charge on any atom is 0.407 e. The van der Waals surface area contributed by atoms with E-state index in [1.165, 1.54) is 35.5 Å². The Morgan fingerprint density at radius 2 is 0.803 bits per heavy atom. The number of nitrogens with one attached hydrogen (secondary N) is 2. The molecule has 0 radical (unpaired) electrons. The second-order valence-electron chi connectivity index (χ2n) is 31.3. The minimum Gasteiger partial charge on any atom is -0.493 e. The number of carbonyl (C=O) groups is 8. The summed E-state index contributed by atoms with van der Waals surface area (Å²) in [5.74, 6) is -14.6. The number of Topliss-reactive ketones (excluding diaryl/α,β-unsaturated/α-hetero) is 1. The first-order chi connectivity index (χ1) is 57.6. The van der Waals surface area contributed by atoms with Gasteiger partial charge < -0.3 is 88.2 Å². The molecule has 2 aliphatic rings. The van der Waals surface area contributed by atoms with E-state index in [4.69, 9.17) is 62.6 Å². The van der Waals surface area contributed by atoms with Crippen LogP contribution in [0.1, 0.15) is 146 Å². The summed E-state index contributed by atoms with van der Waals surface area (Å²) in [7, 11) is 12.1. The third kappa shape index (κ3) is 26.0. The molecule has 0 aliphatic heterocycles. The Hall–Kier alpha value is -12.1. The van der Waals surface area contributed by atoms with Crippen LogP contribution in [0.3, 0.4) is 0 Å². The molecule has 6 atom stereocenters. The summed E-state index contributed by atoms with van der Waals surface area (Å²) in [6.07, 6.45) is -0.767. The molecule has 31 heteroatoms. The fraction of sp³-hybridized carbons (Fsp3) is 0.407. The summed E-state index contributed by atoms with van der Waals surface area (Å²) in [5.41, 5.74) is 11.1. The predicted molar refractivity (Wildman–Crippen MR) is 441 cm³/mol. The van der Waals surface area contributed by atoms with E-state index >= 15 is 0 Å². The lowest BCUT2D eigenvalue weighted by Crippen LogP contribution is -2.50. The van der Waals surface area contributed by atoms with Crippen LogP contribution in [0.2, 0.25) is 0 Å². The van der Waals surface area contributed by atoms with Crippen LogP contribution in [-0.4, -0.2) is 156 Å². The number of fused-ring (bicyclic) bond motifs is 2. The number of esters is 3. The Kier molecular flexibility index (Phi) is 34.9. The first kappa shape index (κ1) is 97.0. The number of rotatable bonds is 31. The number of halogens is 5. The van der Waals surface area contributed by atoms with Crippen molar-refractivity contribution in [1.29, 1.82) is 0 Å². The lowest BCUT2D eigenvalue weighted by atomic mass is 9.88. The number of ether oxygens (including phenoxy) is 13. The van der Waals surface area contributed by atoms with Gasteiger partial charge in [0.25, 0.3) is 0 Å². The molecule has 0 fully saturated rings. The van der Waals surface area contributed by atoms with Gasteiger partial charge in [-0.3, -0.25) is 19.2 Å². The molecule has 0 spiro atoms. The van der Waals surface area contributed by atoms with Crippen LogP contribution in [0, 0.1) is 46.8 Å². The van der Waals surface area contributed by atoms with Crippen molar-refractivity contribution < 1.29 is 132 Å². The zero-order valence-corrected chi connectivity index (χ0v) is 71.5. The molecule has 2 amide bonds. The van der Waals surface area contributed by atoms with Crippen LogP contribution >= 0.6 is 0 Å². The molecule has 0 bridgehead atoms. The van der Waals surface area contributed by atoms with Crippen molar-refractivity contribution in [3.8, 4) is 63.2 Å². The van der Waals surface area contributed by atoms with Gasteiger partial charge in [0, 0.05) is 30.4 Å². The number of amides is 2. The molecule has 122 heavy (non-hydrogen) atoms. The maximum absolute atomic E-state index is 14.0. The fourth-order valence-electron chi connectivity index (χ4n) is 13.4. The number of nitrogens with two attached hydrogens (primary N) is 1. The van der Waals surface area contributed by atoms with Gasteiger partial charge >= 0.3 is 30.1 Å². The number of aliphatic hydroxyl groups is 2. The normalized spacial score (nSPS) is 14.0. The average Bonchev–Trinajstić information content (AvgIpc) is 1.61. The van der Waals surface area contributed by atoms with Crippen LogP contribution in [0.5, 0.6) is 63.2 Å². The Morgan fingerprint density at radius 3 is 1.17 bits per heavy atom. The van der Waals surface area contributed by atoms with Gasteiger partial charge in [0.05, 0.1) is 74.9 Å². The largest absolute Gasteiger partial charge is 0.493 e.